The van der Waals surface area contributed by atoms with Gasteiger partial charge in [0.05, 0.1) is 0 Å². The van der Waals surface area contributed by atoms with Crippen LogP contribution < -0.4 is 0 Å². The van der Waals surface area contributed by atoms with Gasteiger partial charge in [0.1, 0.15) is 11.5 Å². The minimum Gasteiger partial charge on any atom is -0.350 e. The van der Waals surface area contributed by atoms with Crippen LogP contribution in [0.3, 0.4) is 0 Å². The lowest BCUT2D eigenvalue weighted by Crippen LogP contribution is -2.31. The topological polar surface area (TPSA) is 53.9 Å². The lowest BCUT2D eigenvalue weighted by Gasteiger charge is -2.18. The van der Waals surface area contributed by atoms with Gasteiger partial charge in [0, 0.05) is 43.4 Å². The van der Waals surface area contributed by atoms with Crippen LogP contribution in [0.4, 0.5) is 0 Å². The average molecular weight is 310 g/mol. The van der Waals surface area contributed by atoms with Gasteiger partial charge in [-0.2, -0.15) is 0 Å². The largest absolute Gasteiger partial charge is 0.350 e. The van der Waals surface area contributed by atoms with E-state index in [0.717, 1.165) is 35.3 Å². The van der Waals surface area contributed by atoms with Crippen LogP contribution in [0.5, 0.6) is 0 Å². The summed E-state index contributed by atoms with van der Waals surface area (Å²) in [7, 11) is 1.85. The first kappa shape index (κ1) is 15.3. The number of amides is 1. The molecule has 1 aromatic carbocycles. The van der Waals surface area contributed by atoms with E-state index in [9.17, 15) is 4.79 Å². The second kappa shape index (κ2) is 6.28. The molecular weight excluding hydrogens is 288 g/mol. The maximum atomic E-state index is 12.8. The number of aromatic amines is 1. The maximum absolute atomic E-state index is 12.8. The number of para-hydroxylation sites is 1. The molecule has 2 heterocycles. The minimum atomic E-state index is 0.0378. The Morgan fingerprint density at radius 1 is 1.35 bits per heavy atom. The van der Waals surface area contributed by atoms with Gasteiger partial charge in [0.2, 0.25) is 0 Å². The Kier molecular flexibility index (Phi) is 4.19. The fraction of sp³-hybridized carbons (Fsp3) is 0.333. The average Bonchev–Trinajstić information content (AvgIpc) is 3.14. The Morgan fingerprint density at radius 3 is 2.83 bits per heavy atom. The summed E-state index contributed by atoms with van der Waals surface area (Å²) in [5.74, 6) is 1.00. The van der Waals surface area contributed by atoms with Crippen molar-refractivity contribution in [2.45, 2.75) is 26.8 Å². The van der Waals surface area contributed by atoms with Crippen LogP contribution in [-0.4, -0.2) is 38.9 Å². The zero-order valence-corrected chi connectivity index (χ0v) is 13.8. The number of nitrogens with zero attached hydrogens (tertiary/aromatic N) is 3. The Labute approximate surface area is 135 Å². The summed E-state index contributed by atoms with van der Waals surface area (Å²) in [6.07, 6.45) is 4.55. The van der Waals surface area contributed by atoms with Crippen LogP contribution in [-0.2, 0) is 13.0 Å². The zero-order valence-electron chi connectivity index (χ0n) is 13.8. The Bertz CT molecular complexity index is 831. The molecule has 120 valence electrons. The summed E-state index contributed by atoms with van der Waals surface area (Å²) >= 11 is 0. The van der Waals surface area contributed by atoms with Gasteiger partial charge >= 0.3 is 0 Å². The SMILES string of the molecule is CCc1c(C(=O)N(C)CCn2ccnc2C)[nH]c2ccccc12. The molecule has 3 aromatic rings. The minimum absolute atomic E-state index is 0.0378. The normalized spacial score (nSPS) is 11.1. The molecule has 0 aliphatic heterocycles. The summed E-state index contributed by atoms with van der Waals surface area (Å²) in [4.78, 5) is 22.1. The number of nitrogens with one attached hydrogen (secondary N) is 1. The van der Waals surface area contributed by atoms with E-state index in [1.165, 1.54) is 0 Å². The molecule has 0 spiro atoms. The molecule has 2 aromatic heterocycles. The predicted molar refractivity (Wildman–Crippen MR) is 91.6 cm³/mol. The number of carbonyl (C=O) groups excluding carboxylic acids is 1. The van der Waals surface area contributed by atoms with Gasteiger partial charge in [-0.1, -0.05) is 25.1 Å². The van der Waals surface area contributed by atoms with E-state index in [1.807, 2.05) is 38.4 Å². The highest BCUT2D eigenvalue weighted by Gasteiger charge is 2.19. The molecule has 5 nitrogen and oxygen atoms in total. The van der Waals surface area contributed by atoms with E-state index in [4.69, 9.17) is 0 Å². The number of rotatable bonds is 5. The Hall–Kier alpha value is -2.56. The third-order valence-corrected chi connectivity index (χ3v) is 4.33. The van der Waals surface area contributed by atoms with Crippen molar-refractivity contribution in [3.05, 3.63) is 53.7 Å². The monoisotopic (exact) mass is 310 g/mol. The quantitative estimate of drug-likeness (QED) is 0.787. The van der Waals surface area contributed by atoms with Gasteiger partial charge in [-0.15, -0.1) is 0 Å². The van der Waals surface area contributed by atoms with Gasteiger partial charge in [-0.25, -0.2) is 4.98 Å². The summed E-state index contributed by atoms with van der Waals surface area (Å²) < 4.78 is 2.05. The van der Waals surface area contributed by atoms with E-state index >= 15 is 0 Å². The van der Waals surface area contributed by atoms with E-state index in [-0.39, 0.29) is 5.91 Å². The number of aromatic nitrogens is 3. The first-order valence-corrected chi connectivity index (χ1v) is 7.94. The van der Waals surface area contributed by atoms with Crippen molar-refractivity contribution in [2.24, 2.45) is 0 Å². The highest BCUT2D eigenvalue weighted by molar-refractivity contribution is 6.00. The molecule has 0 saturated carbocycles. The van der Waals surface area contributed by atoms with Gasteiger partial charge < -0.3 is 14.5 Å². The first-order valence-electron chi connectivity index (χ1n) is 7.94. The maximum Gasteiger partial charge on any atom is 0.270 e. The van der Waals surface area contributed by atoms with E-state index in [1.54, 1.807) is 11.1 Å². The molecule has 0 aliphatic rings. The zero-order chi connectivity index (χ0) is 16.4. The molecule has 0 aliphatic carbocycles. The van der Waals surface area contributed by atoms with Crippen LogP contribution in [0.2, 0.25) is 0 Å². The summed E-state index contributed by atoms with van der Waals surface area (Å²) in [5, 5.41) is 1.14. The molecule has 0 atom stereocenters. The molecule has 1 amide bonds. The molecule has 1 N–H and O–H groups in total. The fourth-order valence-electron chi connectivity index (χ4n) is 2.94. The van der Waals surface area contributed by atoms with Crippen LogP contribution in [0.15, 0.2) is 36.7 Å². The number of carbonyl (C=O) groups is 1. The second-order valence-corrected chi connectivity index (χ2v) is 5.77. The van der Waals surface area contributed by atoms with Crippen molar-refractivity contribution >= 4 is 16.8 Å². The summed E-state index contributed by atoms with van der Waals surface area (Å²) in [6, 6.07) is 8.07. The highest BCUT2D eigenvalue weighted by Crippen LogP contribution is 2.23. The van der Waals surface area contributed by atoms with Gasteiger partial charge in [0.15, 0.2) is 0 Å². The summed E-state index contributed by atoms with van der Waals surface area (Å²) in [5.41, 5.74) is 2.82. The van der Waals surface area contributed by atoms with Gasteiger partial charge in [0.25, 0.3) is 5.91 Å². The second-order valence-electron chi connectivity index (χ2n) is 5.77. The molecule has 0 unspecified atom stereocenters. The summed E-state index contributed by atoms with van der Waals surface area (Å²) in [6.45, 7) is 5.44. The number of H-pyrrole nitrogens is 1. The fourth-order valence-corrected chi connectivity index (χ4v) is 2.94. The number of benzene rings is 1. The smallest absolute Gasteiger partial charge is 0.270 e. The van der Waals surface area contributed by atoms with Crippen molar-refractivity contribution in [3.8, 4) is 0 Å². The molecule has 3 rings (SSSR count). The van der Waals surface area contributed by atoms with Gasteiger partial charge in [-0.3, -0.25) is 4.79 Å². The third-order valence-electron chi connectivity index (χ3n) is 4.33. The predicted octanol–water partition coefficient (Wildman–Crippen LogP) is 3.01. The molecule has 0 saturated heterocycles. The van der Waals surface area contributed by atoms with E-state index < -0.39 is 0 Å². The van der Waals surface area contributed by atoms with Crippen molar-refractivity contribution in [1.29, 1.82) is 0 Å². The lowest BCUT2D eigenvalue weighted by molar-refractivity contribution is 0.0784. The van der Waals surface area contributed by atoms with Crippen LogP contribution in [0, 0.1) is 6.92 Å². The van der Waals surface area contributed by atoms with Crippen LogP contribution >= 0.6 is 0 Å². The number of imidazole rings is 1. The lowest BCUT2D eigenvalue weighted by atomic mass is 10.1. The Morgan fingerprint density at radius 2 is 2.13 bits per heavy atom. The van der Waals surface area contributed by atoms with Crippen molar-refractivity contribution in [2.75, 3.05) is 13.6 Å². The van der Waals surface area contributed by atoms with Crippen molar-refractivity contribution in [1.82, 2.24) is 19.4 Å². The number of aryl methyl sites for hydroxylation is 2. The third kappa shape index (κ3) is 2.86. The molecule has 5 heteroatoms. The molecule has 0 fully saturated rings. The first-order chi connectivity index (χ1) is 11.1. The van der Waals surface area contributed by atoms with Gasteiger partial charge in [-0.05, 0) is 25.0 Å². The Balaban J connectivity index is 1.80. The van der Waals surface area contributed by atoms with Crippen molar-refractivity contribution in [3.63, 3.8) is 0 Å². The molecule has 23 heavy (non-hydrogen) atoms. The number of hydrogen-bond donors (Lipinski definition) is 1. The molecule has 0 bridgehead atoms. The number of hydrogen-bond acceptors (Lipinski definition) is 2. The standard InChI is InChI=1S/C18H22N4O/c1-4-14-15-7-5-6-8-16(15)20-17(14)18(23)21(3)11-12-22-10-9-19-13(22)2/h5-10,20H,4,11-12H2,1-3H3. The number of fused-ring (bicyclic) bond motifs is 1. The van der Waals surface area contributed by atoms with Crippen LogP contribution in [0.1, 0.15) is 28.8 Å². The molecule has 0 radical (unpaired) electrons. The van der Waals surface area contributed by atoms with Crippen LogP contribution in [0.25, 0.3) is 10.9 Å². The highest BCUT2D eigenvalue weighted by atomic mass is 16.2. The van der Waals surface area contributed by atoms with E-state index in [0.29, 0.717) is 12.2 Å². The van der Waals surface area contributed by atoms with Crippen molar-refractivity contribution < 1.29 is 4.79 Å². The van der Waals surface area contributed by atoms with E-state index in [2.05, 4.69) is 27.5 Å². The molecular formula is C18H22N4O. The number of likely N-dealkylation sites (N-methyl/N-ethyl adjacent to an activating group) is 1.